The number of hydrogen-bond donors (Lipinski definition) is 2. The van der Waals surface area contributed by atoms with Gasteiger partial charge >= 0.3 is 6.09 Å². The van der Waals surface area contributed by atoms with Crippen LogP contribution in [0.25, 0.3) is 5.69 Å². The van der Waals surface area contributed by atoms with Crippen molar-refractivity contribution in [3.8, 4) is 5.69 Å². The van der Waals surface area contributed by atoms with Gasteiger partial charge in [0.15, 0.2) is 0 Å². The Morgan fingerprint density at radius 3 is 2.33 bits per heavy atom. The quantitative estimate of drug-likeness (QED) is 0.807. The topological polar surface area (TPSA) is 68.2 Å². The fourth-order valence-electron chi connectivity index (χ4n) is 2.61. The molecule has 2 N–H and O–H groups in total. The van der Waals surface area contributed by atoms with Gasteiger partial charge in [0.05, 0.1) is 5.69 Å². The average Bonchev–Trinajstić information content (AvgIpc) is 3.07. The first-order valence-corrected chi connectivity index (χ1v) is 9.34. The molecular weight excluding hydrogens is 340 g/mol. The third-order valence-corrected chi connectivity index (χ3v) is 4.15. The molecule has 2 aromatic rings. The molecule has 1 aromatic heterocycles. The lowest BCUT2D eigenvalue weighted by Crippen LogP contribution is -2.49. The van der Waals surface area contributed by atoms with Crippen molar-refractivity contribution in [3.05, 3.63) is 48.3 Å². The monoisotopic (exact) mass is 372 g/mol. The Morgan fingerprint density at radius 1 is 1.15 bits per heavy atom. The van der Waals surface area contributed by atoms with Crippen LogP contribution in [-0.2, 0) is 11.3 Å². The van der Waals surface area contributed by atoms with Gasteiger partial charge in [-0.2, -0.15) is 5.10 Å². The molecule has 1 heterocycles. The van der Waals surface area contributed by atoms with E-state index in [1.54, 1.807) is 6.20 Å². The molecule has 0 saturated carbocycles. The molecular formula is C21H32N4O2. The maximum absolute atomic E-state index is 11.9. The second-order valence-corrected chi connectivity index (χ2v) is 8.80. The van der Waals surface area contributed by atoms with Crippen molar-refractivity contribution in [2.24, 2.45) is 5.41 Å². The lowest BCUT2D eigenvalue weighted by atomic mass is 9.86. The molecule has 0 saturated heterocycles. The zero-order valence-electron chi connectivity index (χ0n) is 17.2. The predicted molar refractivity (Wildman–Crippen MR) is 108 cm³/mol. The first kappa shape index (κ1) is 21.0. The van der Waals surface area contributed by atoms with E-state index in [1.165, 1.54) is 5.56 Å². The summed E-state index contributed by atoms with van der Waals surface area (Å²) >= 11 is 0. The van der Waals surface area contributed by atoms with Gasteiger partial charge in [-0.1, -0.05) is 32.9 Å². The minimum Gasteiger partial charge on any atom is -0.444 e. The molecule has 1 unspecified atom stereocenters. The molecule has 0 bridgehead atoms. The summed E-state index contributed by atoms with van der Waals surface area (Å²) in [5, 5.41) is 10.7. The molecule has 0 spiro atoms. The highest BCUT2D eigenvalue weighted by Crippen LogP contribution is 2.20. The summed E-state index contributed by atoms with van der Waals surface area (Å²) < 4.78 is 7.16. The van der Waals surface area contributed by atoms with Crippen molar-refractivity contribution in [1.29, 1.82) is 0 Å². The zero-order valence-corrected chi connectivity index (χ0v) is 17.2. The van der Waals surface area contributed by atoms with Crippen LogP contribution in [-0.4, -0.2) is 34.1 Å². The van der Waals surface area contributed by atoms with E-state index in [0.717, 1.165) is 12.2 Å². The average molecular weight is 373 g/mol. The lowest BCUT2D eigenvalue weighted by molar-refractivity contribution is 0.0513. The van der Waals surface area contributed by atoms with Crippen LogP contribution in [0.4, 0.5) is 4.79 Å². The fourth-order valence-corrected chi connectivity index (χ4v) is 2.61. The van der Waals surface area contributed by atoms with Gasteiger partial charge in [0, 0.05) is 31.5 Å². The second kappa shape index (κ2) is 8.57. The molecule has 0 aliphatic heterocycles. The summed E-state index contributed by atoms with van der Waals surface area (Å²) in [6.07, 6.45) is 3.30. The molecule has 148 valence electrons. The largest absolute Gasteiger partial charge is 0.444 e. The SMILES string of the molecule is CC(C)(C)OC(=O)NCC(NCc1ccc(-n2cccn2)cc1)C(C)(C)C. The lowest BCUT2D eigenvalue weighted by Gasteiger charge is -2.32. The highest BCUT2D eigenvalue weighted by atomic mass is 16.6. The molecule has 6 heteroatoms. The Morgan fingerprint density at radius 2 is 1.81 bits per heavy atom. The summed E-state index contributed by atoms with van der Waals surface area (Å²) in [5.74, 6) is 0. The number of carbonyl (C=O) groups excluding carboxylic acids is 1. The highest BCUT2D eigenvalue weighted by Gasteiger charge is 2.25. The van der Waals surface area contributed by atoms with Crippen LogP contribution in [0.3, 0.4) is 0 Å². The van der Waals surface area contributed by atoms with Crippen LogP contribution < -0.4 is 10.6 Å². The number of benzene rings is 1. The Kier molecular flexibility index (Phi) is 6.65. The van der Waals surface area contributed by atoms with E-state index in [2.05, 4.69) is 60.8 Å². The molecule has 1 amide bonds. The minimum absolute atomic E-state index is 0.00991. The van der Waals surface area contributed by atoms with Crippen LogP contribution in [0, 0.1) is 5.41 Å². The Hall–Kier alpha value is -2.34. The summed E-state index contributed by atoms with van der Waals surface area (Å²) in [7, 11) is 0. The predicted octanol–water partition coefficient (Wildman–Crippen LogP) is 3.90. The summed E-state index contributed by atoms with van der Waals surface area (Å²) in [6, 6.07) is 10.3. The maximum Gasteiger partial charge on any atom is 0.407 e. The summed E-state index contributed by atoms with van der Waals surface area (Å²) in [5.41, 5.74) is 1.70. The van der Waals surface area contributed by atoms with Gasteiger partial charge in [0.2, 0.25) is 0 Å². The van der Waals surface area contributed by atoms with Gasteiger partial charge in [-0.3, -0.25) is 0 Å². The van der Waals surface area contributed by atoms with Crippen molar-refractivity contribution in [2.45, 2.75) is 59.7 Å². The van der Waals surface area contributed by atoms with Gasteiger partial charge < -0.3 is 15.4 Å². The number of amides is 1. The Labute approximate surface area is 162 Å². The normalized spacial score (nSPS) is 13.3. The minimum atomic E-state index is -0.495. The standard InChI is InChI=1S/C21H32N4O2/c1-20(2,3)18(15-23-19(26)27-21(4,5)6)22-14-16-8-10-17(11-9-16)25-13-7-12-24-25/h7-13,18,22H,14-15H2,1-6H3,(H,23,26). The molecule has 1 aromatic carbocycles. The van der Waals surface area contributed by atoms with E-state index < -0.39 is 5.60 Å². The van der Waals surface area contributed by atoms with Gasteiger partial charge in [-0.05, 0) is 49.9 Å². The molecule has 0 radical (unpaired) electrons. The van der Waals surface area contributed by atoms with E-state index in [-0.39, 0.29) is 17.6 Å². The smallest absolute Gasteiger partial charge is 0.407 e. The van der Waals surface area contributed by atoms with Crippen molar-refractivity contribution < 1.29 is 9.53 Å². The van der Waals surface area contributed by atoms with Crippen LogP contribution >= 0.6 is 0 Å². The number of ether oxygens (including phenoxy) is 1. The molecule has 0 aliphatic carbocycles. The van der Waals surface area contributed by atoms with E-state index in [4.69, 9.17) is 4.74 Å². The number of carbonyl (C=O) groups is 1. The third-order valence-electron chi connectivity index (χ3n) is 4.15. The van der Waals surface area contributed by atoms with E-state index in [0.29, 0.717) is 6.54 Å². The van der Waals surface area contributed by atoms with Crippen LogP contribution in [0.2, 0.25) is 0 Å². The number of hydrogen-bond acceptors (Lipinski definition) is 4. The van der Waals surface area contributed by atoms with Crippen molar-refractivity contribution in [2.75, 3.05) is 6.54 Å². The third kappa shape index (κ3) is 7.06. The highest BCUT2D eigenvalue weighted by molar-refractivity contribution is 5.67. The van der Waals surface area contributed by atoms with Crippen LogP contribution in [0.1, 0.15) is 47.1 Å². The van der Waals surface area contributed by atoms with Gasteiger partial charge in [0.25, 0.3) is 0 Å². The van der Waals surface area contributed by atoms with Crippen molar-refractivity contribution in [3.63, 3.8) is 0 Å². The zero-order chi connectivity index (χ0) is 20.1. The summed E-state index contributed by atoms with van der Waals surface area (Å²) in [4.78, 5) is 11.9. The molecule has 2 rings (SSSR count). The fraction of sp³-hybridized carbons (Fsp3) is 0.524. The number of rotatable bonds is 6. The van der Waals surface area contributed by atoms with Gasteiger partial charge in [-0.25, -0.2) is 9.48 Å². The van der Waals surface area contributed by atoms with Crippen molar-refractivity contribution >= 4 is 6.09 Å². The first-order chi connectivity index (χ1) is 12.5. The van der Waals surface area contributed by atoms with E-state index in [9.17, 15) is 4.79 Å². The second-order valence-electron chi connectivity index (χ2n) is 8.80. The van der Waals surface area contributed by atoms with Gasteiger partial charge in [-0.15, -0.1) is 0 Å². The Balaban J connectivity index is 1.91. The number of nitrogens with zero attached hydrogens (tertiary/aromatic N) is 2. The molecule has 27 heavy (non-hydrogen) atoms. The Bertz CT molecular complexity index is 710. The first-order valence-electron chi connectivity index (χ1n) is 9.34. The maximum atomic E-state index is 11.9. The van der Waals surface area contributed by atoms with Crippen LogP contribution in [0.15, 0.2) is 42.7 Å². The molecule has 1 atom stereocenters. The number of aromatic nitrogens is 2. The number of alkyl carbamates (subject to hydrolysis) is 1. The molecule has 0 fully saturated rings. The van der Waals surface area contributed by atoms with Gasteiger partial charge in [0.1, 0.15) is 5.60 Å². The summed E-state index contributed by atoms with van der Waals surface area (Å²) in [6.45, 7) is 13.3. The van der Waals surface area contributed by atoms with E-state index in [1.807, 2.05) is 37.7 Å². The molecule has 0 aliphatic rings. The van der Waals surface area contributed by atoms with Crippen LogP contribution in [0.5, 0.6) is 0 Å². The van der Waals surface area contributed by atoms with E-state index >= 15 is 0 Å². The number of nitrogens with one attached hydrogen (secondary N) is 2. The van der Waals surface area contributed by atoms with Crippen molar-refractivity contribution in [1.82, 2.24) is 20.4 Å². The molecule has 6 nitrogen and oxygen atoms in total.